The van der Waals surface area contributed by atoms with E-state index in [-0.39, 0.29) is 11.9 Å². The van der Waals surface area contributed by atoms with E-state index in [0.717, 1.165) is 0 Å². The molecule has 0 spiro atoms. The van der Waals surface area contributed by atoms with Crippen molar-refractivity contribution in [3.05, 3.63) is 0 Å². The van der Waals surface area contributed by atoms with E-state index < -0.39 is 47.9 Å². The molecule has 11 N–H and O–H groups in total. The van der Waals surface area contributed by atoms with Crippen molar-refractivity contribution < 1.29 is 24.3 Å². The first-order chi connectivity index (χ1) is 16.5. The molecule has 0 aromatic heterocycles. The maximum Gasteiger partial charge on any atom is 0.326 e. The zero-order chi connectivity index (χ0) is 26.5. The van der Waals surface area contributed by atoms with Crippen LogP contribution < -0.4 is 33.6 Å². The van der Waals surface area contributed by atoms with E-state index >= 15 is 0 Å². The minimum absolute atomic E-state index is 0.0409. The number of nitrogens with one attached hydrogen (secondary N) is 2. The normalized spacial score (nSPS) is 18.0. The van der Waals surface area contributed by atoms with Gasteiger partial charge in [0.2, 0.25) is 17.7 Å². The van der Waals surface area contributed by atoms with Gasteiger partial charge >= 0.3 is 5.97 Å². The summed E-state index contributed by atoms with van der Waals surface area (Å²) < 4.78 is 0. The molecule has 1 rings (SSSR count). The minimum Gasteiger partial charge on any atom is -0.480 e. The first-order valence-electron chi connectivity index (χ1n) is 12.1. The van der Waals surface area contributed by atoms with Gasteiger partial charge in [0.05, 0.1) is 6.04 Å². The molecular weight excluding hydrogens is 456 g/mol. The van der Waals surface area contributed by atoms with Crippen molar-refractivity contribution in [1.82, 2.24) is 15.5 Å². The second-order valence-electron chi connectivity index (χ2n) is 9.16. The second-order valence-corrected chi connectivity index (χ2v) is 9.16. The maximum absolute atomic E-state index is 13.4. The number of nitrogens with two attached hydrogens (primary N) is 4. The van der Waals surface area contributed by atoms with Gasteiger partial charge in [-0.25, -0.2) is 4.79 Å². The van der Waals surface area contributed by atoms with Crippen molar-refractivity contribution in [2.75, 3.05) is 19.6 Å². The summed E-state index contributed by atoms with van der Waals surface area (Å²) in [4.78, 5) is 55.7. The molecule has 0 aliphatic carbocycles. The Morgan fingerprint density at radius 3 is 2.34 bits per heavy atom. The predicted molar refractivity (Wildman–Crippen MR) is 132 cm³/mol. The largest absolute Gasteiger partial charge is 0.480 e. The van der Waals surface area contributed by atoms with Crippen LogP contribution in [0.25, 0.3) is 0 Å². The molecule has 0 aromatic rings. The van der Waals surface area contributed by atoms with E-state index in [1.54, 1.807) is 13.8 Å². The van der Waals surface area contributed by atoms with Crippen LogP contribution in [0.5, 0.6) is 0 Å². The van der Waals surface area contributed by atoms with Crippen LogP contribution in [0.2, 0.25) is 0 Å². The van der Waals surface area contributed by atoms with Gasteiger partial charge in [-0.3, -0.25) is 19.4 Å². The highest BCUT2D eigenvalue weighted by Crippen LogP contribution is 2.21. The summed E-state index contributed by atoms with van der Waals surface area (Å²) in [7, 11) is 0. The molecule has 35 heavy (non-hydrogen) atoms. The third kappa shape index (κ3) is 10.1. The zero-order valence-corrected chi connectivity index (χ0v) is 20.7. The summed E-state index contributed by atoms with van der Waals surface area (Å²) in [5.74, 6) is -2.88. The van der Waals surface area contributed by atoms with Crippen LogP contribution in [-0.4, -0.2) is 83.5 Å². The van der Waals surface area contributed by atoms with Gasteiger partial charge in [0.15, 0.2) is 5.96 Å². The number of nitrogens with zero attached hydrogens (tertiary/aromatic N) is 2. The second kappa shape index (κ2) is 15.1. The maximum atomic E-state index is 13.4. The molecule has 0 bridgehead atoms. The molecule has 1 fully saturated rings. The standard InChI is InChI=1S/C22H42N8O5/c1-13(2)17(21(34)35)29-19(32)16-9-6-12-30(16)20(33)15(8-3-4-10-23)28-18(31)14(24)7-5-11-27-22(25)26/h13-17H,3-12,23-24H2,1-2H3,(H,28,31)(H,29,32)(H,34,35)(H4,25,26,27). The molecular formula is C22H42N8O5. The molecule has 4 unspecified atom stereocenters. The summed E-state index contributed by atoms with van der Waals surface area (Å²) >= 11 is 0. The number of likely N-dealkylation sites (tertiary alicyclic amines) is 1. The summed E-state index contributed by atoms with van der Waals surface area (Å²) in [5, 5.41) is 14.7. The van der Waals surface area contributed by atoms with E-state index in [0.29, 0.717) is 64.6 Å². The number of hydrogen-bond acceptors (Lipinski definition) is 7. The van der Waals surface area contributed by atoms with Crippen molar-refractivity contribution in [3.8, 4) is 0 Å². The van der Waals surface area contributed by atoms with Crippen LogP contribution in [-0.2, 0) is 19.2 Å². The van der Waals surface area contributed by atoms with Crippen LogP contribution in [0.1, 0.15) is 58.8 Å². The van der Waals surface area contributed by atoms with Crippen LogP contribution in [0.3, 0.4) is 0 Å². The SMILES string of the molecule is CC(C)C(NC(=O)C1CCCN1C(=O)C(CCCCN)NC(=O)C(N)CCCN=C(N)N)C(=O)O. The number of carbonyl (C=O) groups excluding carboxylic acids is 3. The molecule has 0 radical (unpaired) electrons. The fraction of sp³-hybridized carbons (Fsp3) is 0.773. The Morgan fingerprint density at radius 1 is 1.09 bits per heavy atom. The van der Waals surface area contributed by atoms with Gasteiger partial charge in [0.1, 0.15) is 18.1 Å². The lowest BCUT2D eigenvalue weighted by molar-refractivity contribution is -0.145. The quantitative estimate of drug-likeness (QED) is 0.0765. The Balaban J connectivity index is 2.88. The number of unbranched alkanes of at least 4 members (excludes halogenated alkanes) is 1. The van der Waals surface area contributed by atoms with Gasteiger partial charge in [-0.2, -0.15) is 0 Å². The average Bonchev–Trinajstić information content (AvgIpc) is 3.28. The monoisotopic (exact) mass is 498 g/mol. The Kier molecular flexibility index (Phi) is 13.0. The highest BCUT2D eigenvalue weighted by molar-refractivity contribution is 5.94. The summed E-state index contributed by atoms with van der Waals surface area (Å²) in [6, 6.07) is -3.58. The predicted octanol–water partition coefficient (Wildman–Crippen LogP) is -1.80. The zero-order valence-electron chi connectivity index (χ0n) is 20.7. The van der Waals surface area contributed by atoms with Gasteiger partial charge in [-0.1, -0.05) is 13.8 Å². The molecule has 3 amide bonds. The molecule has 0 saturated carbocycles. The number of amides is 3. The Hall–Kier alpha value is -2.93. The van der Waals surface area contributed by atoms with Gasteiger partial charge < -0.3 is 43.6 Å². The molecule has 1 aliphatic rings. The highest BCUT2D eigenvalue weighted by atomic mass is 16.4. The third-order valence-electron chi connectivity index (χ3n) is 5.93. The minimum atomic E-state index is -1.13. The lowest BCUT2D eigenvalue weighted by Gasteiger charge is -2.30. The van der Waals surface area contributed by atoms with Crippen molar-refractivity contribution >= 4 is 29.7 Å². The molecule has 1 heterocycles. The number of carboxylic acids is 1. The number of aliphatic carboxylic acids is 1. The Bertz CT molecular complexity index is 756. The smallest absolute Gasteiger partial charge is 0.326 e. The van der Waals surface area contributed by atoms with E-state index in [1.165, 1.54) is 4.90 Å². The molecule has 200 valence electrons. The van der Waals surface area contributed by atoms with Crippen LogP contribution in [0.4, 0.5) is 0 Å². The molecule has 4 atom stereocenters. The highest BCUT2D eigenvalue weighted by Gasteiger charge is 2.39. The third-order valence-corrected chi connectivity index (χ3v) is 5.93. The van der Waals surface area contributed by atoms with Crippen molar-refractivity contribution in [2.45, 2.75) is 83.0 Å². The van der Waals surface area contributed by atoms with Gasteiger partial charge in [-0.15, -0.1) is 0 Å². The molecule has 0 aromatic carbocycles. The summed E-state index contributed by atoms with van der Waals surface area (Å²) in [6.45, 7) is 4.50. The number of carbonyl (C=O) groups is 4. The van der Waals surface area contributed by atoms with E-state index in [9.17, 15) is 24.3 Å². The molecule has 13 nitrogen and oxygen atoms in total. The average molecular weight is 499 g/mol. The van der Waals surface area contributed by atoms with Crippen LogP contribution in [0.15, 0.2) is 4.99 Å². The molecule has 13 heteroatoms. The molecule has 1 aliphatic heterocycles. The van der Waals surface area contributed by atoms with Gasteiger partial charge in [-0.05, 0) is 57.4 Å². The first-order valence-corrected chi connectivity index (χ1v) is 12.1. The van der Waals surface area contributed by atoms with Crippen molar-refractivity contribution in [2.24, 2.45) is 33.8 Å². The lowest BCUT2D eigenvalue weighted by Crippen LogP contribution is -2.57. The summed E-state index contributed by atoms with van der Waals surface area (Å²) in [6.07, 6.45) is 3.44. The van der Waals surface area contributed by atoms with Crippen molar-refractivity contribution in [3.63, 3.8) is 0 Å². The first kappa shape index (κ1) is 30.1. The Morgan fingerprint density at radius 2 is 1.77 bits per heavy atom. The number of rotatable bonds is 15. The van der Waals surface area contributed by atoms with Gasteiger partial charge in [0.25, 0.3) is 0 Å². The van der Waals surface area contributed by atoms with E-state index in [4.69, 9.17) is 22.9 Å². The van der Waals surface area contributed by atoms with E-state index in [2.05, 4.69) is 15.6 Å². The van der Waals surface area contributed by atoms with Crippen LogP contribution >= 0.6 is 0 Å². The topological polar surface area (TPSA) is 232 Å². The fourth-order valence-corrected chi connectivity index (χ4v) is 3.95. The number of guanidine groups is 1. The Labute approximate surface area is 206 Å². The number of hydrogen-bond donors (Lipinski definition) is 7. The fourth-order valence-electron chi connectivity index (χ4n) is 3.95. The van der Waals surface area contributed by atoms with Gasteiger partial charge in [0, 0.05) is 13.1 Å². The summed E-state index contributed by atoms with van der Waals surface area (Å²) in [5.41, 5.74) is 22.1. The molecule has 1 saturated heterocycles. The van der Waals surface area contributed by atoms with Crippen LogP contribution in [0, 0.1) is 5.92 Å². The number of aliphatic imine (C=N–C) groups is 1. The number of carboxylic acid groups (broad SMARTS) is 1. The van der Waals surface area contributed by atoms with Crippen molar-refractivity contribution in [1.29, 1.82) is 0 Å². The van der Waals surface area contributed by atoms with E-state index in [1.807, 2.05) is 0 Å². The lowest BCUT2D eigenvalue weighted by atomic mass is 10.0.